The van der Waals surface area contributed by atoms with Crippen LogP contribution in [0.4, 0.5) is 0 Å². The lowest BCUT2D eigenvalue weighted by Gasteiger charge is -2.38. The molecule has 0 aromatic carbocycles. The van der Waals surface area contributed by atoms with Crippen LogP contribution in [-0.4, -0.2) is 29.4 Å². The van der Waals surface area contributed by atoms with Gasteiger partial charge in [0.2, 0.25) is 5.91 Å². The maximum Gasteiger partial charge on any atom is 0.228 e. The molecule has 2 heterocycles. The average Bonchev–Trinajstić information content (AvgIpc) is 2.41. The summed E-state index contributed by atoms with van der Waals surface area (Å²) >= 11 is 0. The van der Waals surface area contributed by atoms with Gasteiger partial charge in [-0.3, -0.25) is 9.69 Å². The third kappa shape index (κ3) is 1.69. The summed E-state index contributed by atoms with van der Waals surface area (Å²) in [6, 6.07) is 0. The molecule has 2 aliphatic rings. The first-order valence-corrected chi connectivity index (χ1v) is 5.22. The van der Waals surface area contributed by atoms with E-state index < -0.39 is 0 Å². The molecule has 0 aliphatic carbocycles. The molecule has 0 unspecified atom stereocenters. The van der Waals surface area contributed by atoms with Crippen LogP contribution in [0.3, 0.4) is 0 Å². The van der Waals surface area contributed by atoms with Crippen molar-refractivity contribution in [2.75, 3.05) is 13.1 Å². The monoisotopic (exact) mass is 194 g/mol. The molecule has 78 valence electrons. The van der Waals surface area contributed by atoms with E-state index in [1.54, 1.807) is 0 Å². The van der Waals surface area contributed by atoms with Crippen molar-refractivity contribution < 1.29 is 4.79 Å². The number of hydrogen-bond acceptors (Lipinski definition) is 2. The average molecular weight is 194 g/mol. The minimum atomic E-state index is 0.172. The Labute approximate surface area is 85.2 Å². The van der Waals surface area contributed by atoms with Gasteiger partial charge in [0.05, 0.1) is 6.42 Å². The molecule has 0 spiro atoms. The summed E-state index contributed by atoms with van der Waals surface area (Å²) in [4.78, 5) is 13.6. The van der Waals surface area contributed by atoms with Crippen molar-refractivity contribution in [3.63, 3.8) is 0 Å². The molecule has 0 fully saturated rings. The molecule has 0 saturated carbocycles. The molecule has 0 saturated heterocycles. The van der Waals surface area contributed by atoms with Gasteiger partial charge in [0, 0.05) is 30.7 Å². The van der Waals surface area contributed by atoms with Crippen LogP contribution in [0.1, 0.15) is 33.6 Å². The van der Waals surface area contributed by atoms with Crippen molar-refractivity contribution in [1.82, 2.24) is 10.2 Å². The quantitative estimate of drug-likeness (QED) is 0.629. The van der Waals surface area contributed by atoms with E-state index >= 15 is 0 Å². The van der Waals surface area contributed by atoms with Crippen LogP contribution in [0, 0.1) is 0 Å². The summed E-state index contributed by atoms with van der Waals surface area (Å²) in [6.07, 6.45) is 1.61. The Hall–Kier alpha value is -0.830. The molecule has 3 heteroatoms. The van der Waals surface area contributed by atoms with E-state index in [4.69, 9.17) is 0 Å². The van der Waals surface area contributed by atoms with Gasteiger partial charge < -0.3 is 5.32 Å². The Morgan fingerprint density at radius 3 is 2.71 bits per heavy atom. The Morgan fingerprint density at radius 1 is 1.36 bits per heavy atom. The Kier molecular flexibility index (Phi) is 2.14. The van der Waals surface area contributed by atoms with E-state index in [0.717, 1.165) is 19.5 Å². The Bertz CT molecular complexity index is 299. The highest BCUT2D eigenvalue weighted by Crippen LogP contribution is 2.27. The molecule has 1 amide bonds. The number of nitrogens with one attached hydrogen (secondary N) is 1. The highest BCUT2D eigenvalue weighted by Gasteiger charge is 2.31. The van der Waals surface area contributed by atoms with E-state index in [1.807, 2.05) is 0 Å². The molecule has 0 atom stereocenters. The predicted octanol–water partition coefficient (Wildman–Crippen LogP) is 1.26. The third-order valence-corrected chi connectivity index (χ3v) is 3.05. The number of rotatable bonds is 0. The maximum atomic E-state index is 11.2. The molecule has 0 aromatic heterocycles. The van der Waals surface area contributed by atoms with Crippen molar-refractivity contribution in [1.29, 1.82) is 0 Å². The zero-order valence-corrected chi connectivity index (χ0v) is 9.18. The second-order valence-electron chi connectivity index (χ2n) is 5.15. The maximum absolute atomic E-state index is 11.2. The number of amides is 1. The lowest BCUT2D eigenvalue weighted by atomic mass is 9.99. The van der Waals surface area contributed by atoms with Gasteiger partial charge >= 0.3 is 0 Å². The Balaban J connectivity index is 2.10. The van der Waals surface area contributed by atoms with Crippen molar-refractivity contribution in [2.45, 2.75) is 39.2 Å². The van der Waals surface area contributed by atoms with E-state index in [1.165, 1.54) is 11.3 Å². The van der Waals surface area contributed by atoms with Gasteiger partial charge in [0.15, 0.2) is 0 Å². The first kappa shape index (κ1) is 9.71. The highest BCUT2D eigenvalue weighted by atomic mass is 16.1. The number of carbonyl (C=O) groups excluding carboxylic acids is 1. The van der Waals surface area contributed by atoms with Gasteiger partial charge in [-0.25, -0.2) is 0 Å². The van der Waals surface area contributed by atoms with Crippen LogP contribution in [0.25, 0.3) is 0 Å². The summed E-state index contributed by atoms with van der Waals surface area (Å²) in [6.45, 7) is 8.69. The summed E-state index contributed by atoms with van der Waals surface area (Å²) in [5, 5.41) is 2.94. The SMILES string of the molecule is CC(C)(C)N1CCC2=C(CC(=O)N2)C1. The zero-order chi connectivity index (χ0) is 10.3. The van der Waals surface area contributed by atoms with Gasteiger partial charge in [-0.2, -0.15) is 0 Å². The van der Waals surface area contributed by atoms with Crippen molar-refractivity contribution in [3.8, 4) is 0 Å². The van der Waals surface area contributed by atoms with E-state index in [0.29, 0.717) is 6.42 Å². The van der Waals surface area contributed by atoms with E-state index in [2.05, 4.69) is 31.0 Å². The number of nitrogens with zero attached hydrogens (tertiary/aromatic N) is 1. The summed E-state index contributed by atoms with van der Waals surface area (Å²) in [7, 11) is 0. The first-order valence-electron chi connectivity index (χ1n) is 5.22. The molecule has 2 aliphatic heterocycles. The van der Waals surface area contributed by atoms with Crippen LogP contribution >= 0.6 is 0 Å². The second kappa shape index (κ2) is 3.09. The van der Waals surface area contributed by atoms with Crippen LogP contribution in [0.2, 0.25) is 0 Å². The first-order chi connectivity index (χ1) is 6.47. The van der Waals surface area contributed by atoms with E-state index in [-0.39, 0.29) is 11.4 Å². The van der Waals surface area contributed by atoms with Gasteiger partial charge in [0.25, 0.3) is 0 Å². The van der Waals surface area contributed by atoms with Crippen molar-refractivity contribution >= 4 is 5.91 Å². The molecule has 1 N–H and O–H groups in total. The normalized spacial score (nSPS) is 23.8. The summed E-state index contributed by atoms with van der Waals surface area (Å²) < 4.78 is 0. The summed E-state index contributed by atoms with van der Waals surface area (Å²) in [5.74, 6) is 0.172. The number of hydrogen-bond donors (Lipinski definition) is 1. The summed E-state index contributed by atoms with van der Waals surface area (Å²) in [5.41, 5.74) is 2.70. The smallest absolute Gasteiger partial charge is 0.228 e. The second-order valence-corrected chi connectivity index (χ2v) is 5.15. The van der Waals surface area contributed by atoms with E-state index in [9.17, 15) is 4.79 Å². The lowest BCUT2D eigenvalue weighted by Crippen LogP contribution is -2.45. The fraction of sp³-hybridized carbons (Fsp3) is 0.727. The zero-order valence-electron chi connectivity index (χ0n) is 9.18. The lowest BCUT2D eigenvalue weighted by molar-refractivity contribution is -0.118. The molecular formula is C11H18N2O. The molecule has 2 rings (SSSR count). The topological polar surface area (TPSA) is 32.3 Å². The standard InChI is InChI=1S/C11H18N2O/c1-11(2,3)13-5-4-9-8(7-13)6-10(14)12-9/h4-7H2,1-3H3,(H,12,14). The third-order valence-electron chi connectivity index (χ3n) is 3.05. The highest BCUT2D eigenvalue weighted by molar-refractivity contribution is 5.84. The van der Waals surface area contributed by atoms with Crippen LogP contribution < -0.4 is 5.32 Å². The largest absolute Gasteiger partial charge is 0.329 e. The van der Waals surface area contributed by atoms with Crippen LogP contribution in [0.5, 0.6) is 0 Å². The van der Waals surface area contributed by atoms with Crippen molar-refractivity contribution in [3.05, 3.63) is 11.3 Å². The van der Waals surface area contributed by atoms with Gasteiger partial charge in [-0.15, -0.1) is 0 Å². The van der Waals surface area contributed by atoms with Gasteiger partial charge in [0.1, 0.15) is 0 Å². The molecule has 14 heavy (non-hydrogen) atoms. The van der Waals surface area contributed by atoms with Crippen LogP contribution in [-0.2, 0) is 4.79 Å². The predicted molar refractivity (Wildman–Crippen MR) is 55.7 cm³/mol. The van der Waals surface area contributed by atoms with Crippen LogP contribution in [0.15, 0.2) is 11.3 Å². The Morgan fingerprint density at radius 2 is 2.07 bits per heavy atom. The molecule has 0 bridgehead atoms. The molecule has 3 nitrogen and oxygen atoms in total. The minimum Gasteiger partial charge on any atom is -0.329 e. The molecule has 0 radical (unpaired) electrons. The van der Waals surface area contributed by atoms with Gasteiger partial charge in [-0.05, 0) is 26.3 Å². The fourth-order valence-electron chi connectivity index (χ4n) is 2.12. The molecular weight excluding hydrogens is 176 g/mol. The fourth-order valence-corrected chi connectivity index (χ4v) is 2.12. The molecule has 0 aromatic rings. The minimum absolute atomic E-state index is 0.172. The van der Waals surface area contributed by atoms with Gasteiger partial charge in [-0.1, -0.05) is 0 Å². The van der Waals surface area contributed by atoms with Crippen molar-refractivity contribution in [2.24, 2.45) is 0 Å². The number of carbonyl (C=O) groups is 1.